The fourth-order valence-electron chi connectivity index (χ4n) is 1.52. The molecule has 5 heteroatoms. The molecule has 3 nitrogen and oxygen atoms in total. The monoisotopic (exact) mass is 340 g/mol. The number of halogens is 2. The lowest BCUT2D eigenvalue weighted by molar-refractivity contribution is 0.0696. The van der Waals surface area contributed by atoms with Crippen LogP contribution in [0.15, 0.2) is 40.9 Å². The smallest absolute Gasteiger partial charge is 0.335 e. The minimum atomic E-state index is -0.986. The van der Waals surface area contributed by atoms with E-state index in [1.807, 2.05) is 6.92 Å². The maximum atomic E-state index is 10.9. The minimum absolute atomic E-state index is 0.186. The van der Waals surface area contributed by atoms with Crippen molar-refractivity contribution in [2.24, 2.45) is 0 Å². The molecular weight excluding hydrogens is 332 g/mol. The van der Waals surface area contributed by atoms with Gasteiger partial charge in [0, 0.05) is 5.02 Å². The Bertz CT molecular complexity index is 641. The molecule has 0 aliphatic heterocycles. The predicted molar refractivity (Wildman–Crippen MR) is 77.4 cm³/mol. The van der Waals surface area contributed by atoms with Crippen LogP contribution in [0.3, 0.4) is 0 Å². The Labute approximate surface area is 123 Å². The van der Waals surface area contributed by atoms with Crippen molar-refractivity contribution >= 4 is 33.5 Å². The third-order valence-electron chi connectivity index (χ3n) is 2.55. The van der Waals surface area contributed by atoms with E-state index in [0.717, 1.165) is 5.56 Å². The van der Waals surface area contributed by atoms with Gasteiger partial charge in [0.05, 0.1) is 10.0 Å². The highest BCUT2D eigenvalue weighted by Gasteiger charge is 2.09. The molecule has 2 aromatic carbocycles. The summed E-state index contributed by atoms with van der Waals surface area (Å²) in [5, 5.41) is 9.57. The summed E-state index contributed by atoms with van der Waals surface area (Å²) < 4.78 is 6.43. The zero-order valence-electron chi connectivity index (χ0n) is 9.98. The Kier molecular flexibility index (Phi) is 4.12. The summed E-state index contributed by atoms with van der Waals surface area (Å²) in [5.41, 5.74) is 1.04. The maximum Gasteiger partial charge on any atom is 0.335 e. The zero-order valence-corrected chi connectivity index (χ0v) is 12.3. The fourth-order valence-corrected chi connectivity index (χ4v) is 2.28. The maximum absolute atomic E-state index is 10.9. The van der Waals surface area contributed by atoms with E-state index in [-0.39, 0.29) is 5.56 Å². The lowest BCUT2D eigenvalue weighted by Gasteiger charge is -2.11. The number of hydrogen-bond donors (Lipinski definition) is 1. The standard InChI is InChI=1S/C14H10BrClO3/c1-8-2-3-9(14(17)18)6-13(8)19-12-5-4-10(16)7-11(12)15/h2-7H,1H3,(H,17,18). The van der Waals surface area contributed by atoms with Gasteiger partial charge in [-0.05, 0) is 58.7 Å². The van der Waals surface area contributed by atoms with E-state index >= 15 is 0 Å². The van der Waals surface area contributed by atoms with E-state index in [1.165, 1.54) is 6.07 Å². The van der Waals surface area contributed by atoms with Gasteiger partial charge in [0.25, 0.3) is 0 Å². The quantitative estimate of drug-likeness (QED) is 0.863. The lowest BCUT2D eigenvalue weighted by Crippen LogP contribution is -1.98. The molecular formula is C14H10BrClO3. The first kappa shape index (κ1) is 13.9. The van der Waals surface area contributed by atoms with Crippen LogP contribution in [0.5, 0.6) is 11.5 Å². The summed E-state index contributed by atoms with van der Waals surface area (Å²) in [7, 11) is 0. The molecule has 0 fully saturated rings. The van der Waals surface area contributed by atoms with Gasteiger partial charge in [0.15, 0.2) is 0 Å². The third kappa shape index (κ3) is 3.28. The van der Waals surface area contributed by atoms with Crippen LogP contribution in [0.1, 0.15) is 15.9 Å². The Balaban J connectivity index is 2.37. The molecule has 0 bridgehead atoms. The molecule has 0 spiro atoms. The molecule has 0 aliphatic rings. The van der Waals surface area contributed by atoms with Crippen LogP contribution in [0.2, 0.25) is 5.02 Å². The van der Waals surface area contributed by atoms with E-state index in [2.05, 4.69) is 15.9 Å². The number of aromatic carboxylic acids is 1. The average molecular weight is 342 g/mol. The summed E-state index contributed by atoms with van der Waals surface area (Å²) in [4.78, 5) is 10.9. The molecule has 0 amide bonds. The second-order valence-corrected chi connectivity index (χ2v) is 5.25. The number of carboxylic acids is 1. The van der Waals surface area contributed by atoms with E-state index in [9.17, 15) is 4.79 Å². The van der Waals surface area contributed by atoms with Crippen LogP contribution in [-0.2, 0) is 0 Å². The molecule has 1 N–H and O–H groups in total. The van der Waals surface area contributed by atoms with Gasteiger partial charge in [-0.15, -0.1) is 0 Å². The Morgan fingerprint density at radius 2 is 1.95 bits per heavy atom. The van der Waals surface area contributed by atoms with Gasteiger partial charge in [-0.1, -0.05) is 17.7 Å². The molecule has 0 aliphatic carbocycles. The minimum Gasteiger partial charge on any atom is -0.478 e. The number of ether oxygens (including phenoxy) is 1. The molecule has 0 saturated heterocycles. The number of rotatable bonds is 3. The number of benzene rings is 2. The van der Waals surface area contributed by atoms with E-state index in [1.54, 1.807) is 30.3 Å². The van der Waals surface area contributed by atoms with Gasteiger partial charge < -0.3 is 9.84 Å². The van der Waals surface area contributed by atoms with Gasteiger partial charge in [-0.2, -0.15) is 0 Å². The topological polar surface area (TPSA) is 46.5 Å². The highest BCUT2D eigenvalue weighted by atomic mass is 79.9. The first-order valence-electron chi connectivity index (χ1n) is 5.44. The SMILES string of the molecule is Cc1ccc(C(=O)O)cc1Oc1ccc(Cl)cc1Br. The van der Waals surface area contributed by atoms with Crippen molar-refractivity contribution in [2.75, 3.05) is 0 Å². The van der Waals surface area contributed by atoms with Gasteiger partial charge in [0.2, 0.25) is 0 Å². The van der Waals surface area contributed by atoms with Gasteiger partial charge in [-0.25, -0.2) is 4.79 Å². The average Bonchev–Trinajstić information content (AvgIpc) is 2.34. The largest absolute Gasteiger partial charge is 0.478 e. The summed E-state index contributed by atoms with van der Waals surface area (Å²) in [6, 6.07) is 9.90. The van der Waals surface area contributed by atoms with Crippen molar-refractivity contribution in [2.45, 2.75) is 6.92 Å². The fraction of sp³-hybridized carbons (Fsp3) is 0.0714. The van der Waals surface area contributed by atoms with Crippen molar-refractivity contribution in [1.29, 1.82) is 0 Å². The van der Waals surface area contributed by atoms with Crippen LogP contribution in [0, 0.1) is 6.92 Å². The van der Waals surface area contributed by atoms with Crippen molar-refractivity contribution in [3.63, 3.8) is 0 Å². The van der Waals surface area contributed by atoms with Crippen molar-refractivity contribution in [1.82, 2.24) is 0 Å². The number of carbonyl (C=O) groups is 1. The lowest BCUT2D eigenvalue weighted by atomic mass is 10.1. The van der Waals surface area contributed by atoms with Gasteiger partial charge >= 0.3 is 5.97 Å². The summed E-state index contributed by atoms with van der Waals surface area (Å²) >= 11 is 9.21. The normalized spacial score (nSPS) is 10.3. The highest BCUT2D eigenvalue weighted by molar-refractivity contribution is 9.10. The number of carboxylic acid groups (broad SMARTS) is 1. The van der Waals surface area contributed by atoms with E-state index in [0.29, 0.717) is 21.0 Å². The molecule has 2 aromatic rings. The van der Waals surface area contributed by atoms with Crippen LogP contribution >= 0.6 is 27.5 Å². The Hall–Kier alpha value is -1.52. The summed E-state index contributed by atoms with van der Waals surface area (Å²) in [6.45, 7) is 1.85. The predicted octanol–water partition coefficient (Wildman–Crippen LogP) is 4.90. The third-order valence-corrected chi connectivity index (χ3v) is 3.40. The number of aryl methyl sites for hydroxylation is 1. The van der Waals surface area contributed by atoms with E-state index in [4.69, 9.17) is 21.4 Å². The Morgan fingerprint density at radius 3 is 2.58 bits per heavy atom. The highest BCUT2D eigenvalue weighted by Crippen LogP contribution is 2.33. The molecule has 2 rings (SSSR count). The van der Waals surface area contributed by atoms with Gasteiger partial charge in [-0.3, -0.25) is 0 Å². The molecule has 19 heavy (non-hydrogen) atoms. The molecule has 0 unspecified atom stereocenters. The summed E-state index contributed by atoms with van der Waals surface area (Å²) in [5.74, 6) is 0.0954. The number of hydrogen-bond acceptors (Lipinski definition) is 2. The van der Waals surface area contributed by atoms with Crippen molar-refractivity contribution < 1.29 is 14.6 Å². The molecule has 0 heterocycles. The molecule has 0 atom stereocenters. The van der Waals surface area contributed by atoms with Gasteiger partial charge in [0.1, 0.15) is 11.5 Å². The molecule has 0 saturated carbocycles. The first-order chi connectivity index (χ1) is 8.97. The van der Waals surface area contributed by atoms with Crippen LogP contribution < -0.4 is 4.74 Å². The van der Waals surface area contributed by atoms with Crippen LogP contribution in [-0.4, -0.2) is 11.1 Å². The van der Waals surface area contributed by atoms with Crippen molar-refractivity contribution in [3.8, 4) is 11.5 Å². The van der Waals surface area contributed by atoms with Crippen LogP contribution in [0.25, 0.3) is 0 Å². The molecule has 0 radical (unpaired) electrons. The molecule has 98 valence electrons. The first-order valence-corrected chi connectivity index (χ1v) is 6.61. The van der Waals surface area contributed by atoms with Crippen molar-refractivity contribution in [3.05, 3.63) is 57.0 Å². The second-order valence-electron chi connectivity index (χ2n) is 3.96. The summed E-state index contributed by atoms with van der Waals surface area (Å²) in [6.07, 6.45) is 0. The van der Waals surface area contributed by atoms with E-state index < -0.39 is 5.97 Å². The van der Waals surface area contributed by atoms with Crippen LogP contribution in [0.4, 0.5) is 0 Å². The Morgan fingerprint density at radius 1 is 1.21 bits per heavy atom. The molecule has 0 aromatic heterocycles. The second kappa shape index (κ2) is 5.63. The zero-order chi connectivity index (χ0) is 14.0.